The van der Waals surface area contributed by atoms with Gasteiger partial charge in [0.2, 0.25) is 5.91 Å². The van der Waals surface area contributed by atoms with Crippen molar-refractivity contribution in [2.45, 2.75) is 26.8 Å². The number of hydrogen-bond acceptors (Lipinski definition) is 2. The zero-order chi connectivity index (χ0) is 8.69. The third kappa shape index (κ3) is 6.90. The van der Waals surface area contributed by atoms with E-state index >= 15 is 0 Å². The van der Waals surface area contributed by atoms with Gasteiger partial charge in [-0.25, -0.2) is 0 Å². The van der Waals surface area contributed by atoms with Crippen molar-refractivity contribution in [2.75, 3.05) is 6.61 Å². The molecular formula is C8H15NO2. The second-order valence-corrected chi connectivity index (χ2v) is 2.42. The van der Waals surface area contributed by atoms with Crippen LogP contribution in [0.3, 0.4) is 0 Å². The third-order valence-electron chi connectivity index (χ3n) is 0.913. The molecular weight excluding hydrogens is 142 g/mol. The predicted molar refractivity (Wildman–Crippen MR) is 44.0 cm³/mol. The lowest BCUT2D eigenvalue weighted by molar-refractivity contribution is -0.117. The standard InChI is InChI=1S/C8H15NO2/c1-4-11-6-5-8(10)9-7(2)3/h5-7H,4H2,1-3H3,(H,9,10). The minimum Gasteiger partial charge on any atom is -0.501 e. The summed E-state index contributed by atoms with van der Waals surface area (Å²) >= 11 is 0. The Labute approximate surface area is 67.4 Å². The maximum absolute atomic E-state index is 10.9. The SMILES string of the molecule is CCOC=CC(=O)NC(C)C. The zero-order valence-corrected chi connectivity index (χ0v) is 7.26. The summed E-state index contributed by atoms with van der Waals surface area (Å²) in [5.41, 5.74) is 0. The van der Waals surface area contributed by atoms with Gasteiger partial charge in [0.15, 0.2) is 0 Å². The molecule has 64 valence electrons. The lowest BCUT2D eigenvalue weighted by Gasteiger charge is -2.03. The van der Waals surface area contributed by atoms with E-state index in [0.717, 1.165) is 0 Å². The van der Waals surface area contributed by atoms with Crippen molar-refractivity contribution < 1.29 is 9.53 Å². The van der Waals surface area contributed by atoms with E-state index in [1.54, 1.807) is 0 Å². The van der Waals surface area contributed by atoms with Crippen LogP contribution in [0.4, 0.5) is 0 Å². The van der Waals surface area contributed by atoms with Crippen LogP contribution in [-0.2, 0) is 9.53 Å². The molecule has 0 aliphatic heterocycles. The van der Waals surface area contributed by atoms with Crippen LogP contribution >= 0.6 is 0 Å². The van der Waals surface area contributed by atoms with E-state index in [4.69, 9.17) is 4.74 Å². The number of ether oxygens (including phenoxy) is 1. The van der Waals surface area contributed by atoms with Gasteiger partial charge in [-0.1, -0.05) is 0 Å². The van der Waals surface area contributed by atoms with Gasteiger partial charge >= 0.3 is 0 Å². The average Bonchev–Trinajstić information content (AvgIpc) is 1.86. The first kappa shape index (κ1) is 10.0. The van der Waals surface area contributed by atoms with E-state index in [1.807, 2.05) is 20.8 Å². The van der Waals surface area contributed by atoms with Crippen molar-refractivity contribution in [1.82, 2.24) is 5.32 Å². The van der Waals surface area contributed by atoms with Crippen LogP contribution in [0, 0.1) is 0 Å². The Balaban J connectivity index is 3.51. The number of nitrogens with one attached hydrogen (secondary N) is 1. The Morgan fingerprint density at radius 3 is 2.73 bits per heavy atom. The molecule has 0 saturated carbocycles. The highest BCUT2D eigenvalue weighted by Gasteiger charge is 1.96. The van der Waals surface area contributed by atoms with Crippen LogP contribution in [-0.4, -0.2) is 18.6 Å². The monoisotopic (exact) mass is 157 g/mol. The molecule has 0 aliphatic rings. The zero-order valence-electron chi connectivity index (χ0n) is 7.26. The van der Waals surface area contributed by atoms with Crippen LogP contribution in [0.1, 0.15) is 20.8 Å². The fraction of sp³-hybridized carbons (Fsp3) is 0.625. The fourth-order valence-electron chi connectivity index (χ4n) is 0.539. The van der Waals surface area contributed by atoms with E-state index in [1.165, 1.54) is 12.3 Å². The van der Waals surface area contributed by atoms with Crippen LogP contribution in [0.15, 0.2) is 12.3 Å². The normalized spacial score (nSPS) is 10.5. The molecule has 3 heteroatoms. The number of amides is 1. The van der Waals surface area contributed by atoms with Gasteiger partial charge < -0.3 is 10.1 Å². The summed E-state index contributed by atoms with van der Waals surface area (Å²) in [5, 5.41) is 2.70. The molecule has 0 atom stereocenters. The van der Waals surface area contributed by atoms with E-state index in [2.05, 4.69) is 5.32 Å². The predicted octanol–water partition coefficient (Wildman–Crippen LogP) is 1.06. The van der Waals surface area contributed by atoms with E-state index < -0.39 is 0 Å². The molecule has 0 aromatic heterocycles. The molecule has 0 aliphatic carbocycles. The van der Waals surface area contributed by atoms with Gasteiger partial charge in [0, 0.05) is 12.1 Å². The Kier molecular flexibility index (Phi) is 5.25. The van der Waals surface area contributed by atoms with Gasteiger partial charge in [-0.3, -0.25) is 4.79 Å². The van der Waals surface area contributed by atoms with Crippen molar-refractivity contribution in [1.29, 1.82) is 0 Å². The quantitative estimate of drug-likeness (QED) is 0.489. The highest BCUT2D eigenvalue weighted by atomic mass is 16.5. The van der Waals surface area contributed by atoms with Gasteiger partial charge in [0.25, 0.3) is 0 Å². The van der Waals surface area contributed by atoms with Crippen LogP contribution in [0.25, 0.3) is 0 Å². The first-order chi connectivity index (χ1) is 5.16. The van der Waals surface area contributed by atoms with Gasteiger partial charge in [-0.05, 0) is 20.8 Å². The second kappa shape index (κ2) is 5.77. The Morgan fingerprint density at radius 1 is 1.64 bits per heavy atom. The number of carbonyl (C=O) groups excluding carboxylic acids is 1. The minimum atomic E-state index is -0.117. The second-order valence-electron chi connectivity index (χ2n) is 2.42. The molecule has 1 amide bonds. The molecule has 0 unspecified atom stereocenters. The van der Waals surface area contributed by atoms with Gasteiger partial charge in [0.05, 0.1) is 12.9 Å². The van der Waals surface area contributed by atoms with Crippen molar-refractivity contribution >= 4 is 5.91 Å². The van der Waals surface area contributed by atoms with Gasteiger partial charge in [-0.15, -0.1) is 0 Å². The molecule has 0 aromatic carbocycles. The largest absolute Gasteiger partial charge is 0.501 e. The molecule has 0 rings (SSSR count). The molecule has 3 nitrogen and oxygen atoms in total. The maximum Gasteiger partial charge on any atom is 0.247 e. The molecule has 0 saturated heterocycles. The molecule has 1 N–H and O–H groups in total. The number of rotatable bonds is 4. The van der Waals surface area contributed by atoms with Gasteiger partial charge in [0.1, 0.15) is 0 Å². The maximum atomic E-state index is 10.9. The highest BCUT2D eigenvalue weighted by Crippen LogP contribution is 1.80. The first-order valence-electron chi connectivity index (χ1n) is 3.75. The number of carbonyl (C=O) groups is 1. The summed E-state index contributed by atoms with van der Waals surface area (Å²) in [5.74, 6) is -0.117. The van der Waals surface area contributed by atoms with Crippen molar-refractivity contribution in [3.8, 4) is 0 Å². The smallest absolute Gasteiger partial charge is 0.247 e. The summed E-state index contributed by atoms with van der Waals surface area (Å²) in [4.78, 5) is 10.9. The first-order valence-corrected chi connectivity index (χ1v) is 3.75. The third-order valence-corrected chi connectivity index (χ3v) is 0.913. The van der Waals surface area contributed by atoms with Crippen molar-refractivity contribution in [3.05, 3.63) is 12.3 Å². The topological polar surface area (TPSA) is 38.3 Å². The Bertz CT molecular complexity index is 141. The Morgan fingerprint density at radius 2 is 2.27 bits per heavy atom. The molecule has 0 radical (unpaired) electrons. The summed E-state index contributed by atoms with van der Waals surface area (Å²) in [6.45, 7) is 6.27. The Hall–Kier alpha value is -0.990. The molecule has 0 heterocycles. The highest BCUT2D eigenvalue weighted by molar-refractivity contribution is 5.87. The lowest BCUT2D eigenvalue weighted by Crippen LogP contribution is -2.28. The minimum absolute atomic E-state index is 0.117. The molecule has 0 aromatic rings. The lowest BCUT2D eigenvalue weighted by atomic mass is 10.4. The fourth-order valence-corrected chi connectivity index (χ4v) is 0.539. The van der Waals surface area contributed by atoms with Crippen LogP contribution in [0.2, 0.25) is 0 Å². The van der Waals surface area contributed by atoms with Crippen LogP contribution in [0.5, 0.6) is 0 Å². The van der Waals surface area contributed by atoms with E-state index in [9.17, 15) is 4.79 Å². The average molecular weight is 157 g/mol. The van der Waals surface area contributed by atoms with Gasteiger partial charge in [-0.2, -0.15) is 0 Å². The molecule has 0 fully saturated rings. The molecule has 11 heavy (non-hydrogen) atoms. The molecule has 0 bridgehead atoms. The summed E-state index contributed by atoms with van der Waals surface area (Å²) in [7, 11) is 0. The summed E-state index contributed by atoms with van der Waals surface area (Å²) in [6.07, 6.45) is 2.78. The van der Waals surface area contributed by atoms with E-state index in [0.29, 0.717) is 6.61 Å². The molecule has 0 spiro atoms. The number of hydrogen-bond donors (Lipinski definition) is 1. The van der Waals surface area contributed by atoms with E-state index in [-0.39, 0.29) is 11.9 Å². The summed E-state index contributed by atoms with van der Waals surface area (Å²) in [6, 6.07) is 0.175. The van der Waals surface area contributed by atoms with Crippen molar-refractivity contribution in [3.63, 3.8) is 0 Å². The summed E-state index contributed by atoms with van der Waals surface area (Å²) < 4.78 is 4.84. The van der Waals surface area contributed by atoms with Crippen molar-refractivity contribution in [2.24, 2.45) is 0 Å². The van der Waals surface area contributed by atoms with Crippen LogP contribution < -0.4 is 5.32 Å².